The molecule has 0 N–H and O–H groups in total. The van der Waals surface area contributed by atoms with E-state index in [-0.39, 0.29) is 11.3 Å². The number of rotatable bonds is 5. The summed E-state index contributed by atoms with van der Waals surface area (Å²) in [6.45, 7) is 4.11. The number of hydrogen-bond acceptors (Lipinski definition) is 2. The second-order valence-electron chi connectivity index (χ2n) is 3.58. The van der Waals surface area contributed by atoms with Gasteiger partial charge in [0.25, 0.3) is 0 Å². The van der Waals surface area contributed by atoms with Gasteiger partial charge < -0.3 is 0 Å². The van der Waals surface area contributed by atoms with E-state index in [4.69, 9.17) is 11.6 Å². The number of thioether (sulfide) groups is 1. The van der Waals surface area contributed by atoms with E-state index in [9.17, 15) is 9.18 Å². The quantitative estimate of drug-likeness (QED) is 0.739. The first-order valence-electron chi connectivity index (χ1n) is 5.14. The Kier molecular flexibility index (Phi) is 5.29. The lowest BCUT2D eigenvalue weighted by atomic mass is 10.1. The van der Waals surface area contributed by atoms with Crippen LogP contribution >= 0.6 is 23.4 Å². The van der Waals surface area contributed by atoms with E-state index in [1.54, 1.807) is 11.8 Å². The van der Waals surface area contributed by atoms with Crippen LogP contribution in [0.3, 0.4) is 0 Å². The Morgan fingerprint density at radius 3 is 2.81 bits per heavy atom. The minimum atomic E-state index is -0.540. The minimum absolute atomic E-state index is 0.125. The predicted molar refractivity (Wildman–Crippen MR) is 68.0 cm³/mol. The van der Waals surface area contributed by atoms with Gasteiger partial charge in [-0.3, -0.25) is 4.79 Å². The smallest absolute Gasteiger partial charge is 0.175 e. The van der Waals surface area contributed by atoms with Gasteiger partial charge in [0, 0.05) is 10.3 Å². The van der Waals surface area contributed by atoms with E-state index in [2.05, 4.69) is 13.8 Å². The fourth-order valence-electron chi connectivity index (χ4n) is 1.13. The van der Waals surface area contributed by atoms with E-state index in [0.29, 0.717) is 16.0 Å². The molecule has 0 saturated carbocycles. The molecule has 1 nitrogen and oxygen atoms in total. The molecule has 0 aliphatic rings. The van der Waals surface area contributed by atoms with Crippen molar-refractivity contribution in [3.8, 4) is 0 Å². The second-order valence-corrected chi connectivity index (χ2v) is 5.44. The van der Waals surface area contributed by atoms with Crippen molar-refractivity contribution in [1.29, 1.82) is 0 Å². The second kappa shape index (κ2) is 6.26. The third-order valence-electron chi connectivity index (χ3n) is 2.31. The van der Waals surface area contributed by atoms with Crippen molar-refractivity contribution in [2.24, 2.45) is 0 Å². The molecule has 0 heterocycles. The highest BCUT2D eigenvalue weighted by atomic mass is 35.5. The zero-order valence-electron chi connectivity index (χ0n) is 9.30. The van der Waals surface area contributed by atoms with Gasteiger partial charge in [-0.2, -0.15) is 11.8 Å². The number of halogens is 2. The van der Waals surface area contributed by atoms with Gasteiger partial charge in [-0.15, -0.1) is 0 Å². The number of carbonyl (C=O) groups excluding carboxylic acids is 1. The van der Waals surface area contributed by atoms with Gasteiger partial charge in [0.05, 0.1) is 11.3 Å². The van der Waals surface area contributed by atoms with Crippen molar-refractivity contribution < 1.29 is 9.18 Å². The lowest BCUT2D eigenvalue weighted by Crippen LogP contribution is -2.08. The van der Waals surface area contributed by atoms with Crippen LogP contribution in [0.4, 0.5) is 4.39 Å². The normalized spacial score (nSPS) is 12.5. The van der Waals surface area contributed by atoms with Crippen LogP contribution in [-0.2, 0) is 0 Å². The molecule has 1 atom stereocenters. The summed E-state index contributed by atoms with van der Waals surface area (Å²) in [5, 5.41) is 0.725. The highest BCUT2D eigenvalue weighted by Crippen LogP contribution is 2.19. The summed E-state index contributed by atoms with van der Waals surface area (Å²) in [6, 6.07) is 4.14. The summed E-state index contributed by atoms with van der Waals surface area (Å²) in [7, 11) is 0. The van der Waals surface area contributed by atoms with Crippen LogP contribution in [0.25, 0.3) is 0 Å². The lowest BCUT2D eigenvalue weighted by Gasteiger charge is -2.07. The summed E-state index contributed by atoms with van der Waals surface area (Å²) in [5.41, 5.74) is 0.125. The van der Waals surface area contributed by atoms with Crippen LogP contribution in [0.1, 0.15) is 30.6 Å². The molecule has 0 fully saturated rings. The molecule has 88 valence electrons. The van der Waals surface area contributed by atoms with E-state index in [1.807, 2.05) is 0 Å². The Morgan fingerprint density at radius 1 is 1.56 bits per heavy atom. The molecule has 0 aromatic heterocycles. The first-order chi connectivity index (χ1) is 7.54. The molecule has 0 aliphatic heterocycles. The molecular formula is C12H14ClFOS. The number of benzene rings is 1. The summed E-state index contributed by atoms with van der Waals surface area (Å²) in [5.74, 6) is -0.408. The fourth-order valence-corrected chi connectivity index (χ4v) is 2.12. The summed E-state index contributed by atoms with van der Waals surface area (Å²) < 4.78 is 13.4. The molecule has 16 heavy (non-hydrogen) atoms. The van der Waals surface area contributed by atoms with Gasteiger partial charge in [-0.1, -0.05) is 25.4 Å². The molecule has 1 rings (SSSR count). The van der Waals surface area contributed by atoms with Gasteiger partial charge in [-0.25, -0.2) is 4.39 Å². The van der Waals surface area contributed by atoms with Crippen molar-refractivity contribution in [3.63, 3.8) is 0 Å². The number of Topliss-reactive ketones (excluding diaryl/α,β-unsaturated/α-hetero) is 1. The van der Waals surface area contributed by atoms with Crippen molar-refractivity contribution in [2.45, 2.75) is 25.5 Å². The van der Waals surface area contributed by atoms with Gasteiger partial charge in [0.2, 0.25) is 0 Å². The molecular weight excluding hydrogens is 247 g/mol. The molecule has 1 aromatic carbocycles. The first kappa shape index (κ1) is 13.5. The third kappa shape index (κ3) is 3.80. The van der Waals surface area contributed by atoms with Crippen LogP contribution in [0.2, 0.25) is 5.02 Å². The largest absolute Gasteiger partial charge is 0.293 e. The first-order valence-corrected chi connectivity index (χ1v) is 6.57. The van der Waals surface area contributed by atoms with Crippen molar-refractivity contribution >= 4 is 29.1 Å². The molecule has 1 unspecified atom stereocenters. The van der Waals surface area contributed by atoms with Gasteiger partial charge in [-0.05, 0) is 24.6 Å². The molecule has 0 saturated heterocycles. The maximum absolute atomic E-state index is 13.4. The Bertz CT molecular complexity index is 381. The zero-order chi connectivity index (χ0) is 12.1. The number of ketones is 1. The average Bonchev–Trinajstić information content (AvgIpc) is 2.25. The highest BCUT2D eigenvalue weighted by Gasteiger charge is 2.13. The maximum atomic E-state index is 13.4. The van der Waals surface area contributed by atoms with Crippen LogP contribution in [0, 0.1) is 5.82 Å². The molecule has 1 aromatic rings. The summed E-state index contributed by atoms with van der Waals surface area (Å²) in [4.78, 5) is 11.7. The summed E-state index contributed by atoms with van der Waals surface area (Å²) >= 11 is 7.16. The molecule has 0 bridgehead atoms. The Balaban J connectivity index is 2.66. The monoisotopic (exact) mass is 260 g/mol. The van der Waals surface area contributed by atoms with E-state index >= 15 is 0 Å². The molecule has 0 spiro atoms. The lowest BCUT2D eigenvalue weighted by molar-refractivity contribution is 0.101. The van der Waals surface area contributed by atoms with Crippen LogP contribution in [-0.4, -0.2) is 16.8 Å². The van der Waals surface area contributed by atoms with E-state index < -0.39 is 5.82 Å². The van der Waals surface area contributed by atoms with Gasteiger partial charge in [0.15, 0.2) is 5.78 Å². The molecule has 0 radical (unpaired) electrons. The fraction of sp³-hybridized carbons (Fsp3) is 0.417. The van der Waals surface area contributed by atoms with E-state index in [0.717, 1.165) is 6.42 Å². The average molecular weight is 261 g/mol. The molecule has 0 amide bonds. The Hall–Kier alpha value is -0.540. The van der Waals surface area contributed by atoms with Crippen LogP contribution in [0.5, 0.6) is 0 Å². The van der Waals surface area contributed by atoms with Gasteiger partial charge >= 0.3 is 0 Å². The predicted octanol–water partition coefficient (Wildman–Crippen LogP) is 4.19. The van der Waals surface area contributed by atoms with Crippen LogP contribution < -0.4 is 0 Å². The Morgan fingerprint density at radius 2 is 2.25 bits per heavy atom. The van der Waals surface area contributed by atoms with Crippen molar-refractivity contribution in [2.75, 3.05) is 5.75 Å². The van der Waals surface area contributed by atoms with Crippen molar-refractivity contribution in [1.82, 2.24) is 0 Å². The SMILES string of the molecule is CCC(C)SCC(=O)c1ccc(Cl)cc1F. The number of carbonyl (C=O) groups is 1. The Labute approximate surface area is 104 Å². The van der Waals surface area contributed by atoms with E-state index in [1.165, 1.54) is 18.2 Å². The topological polar surface area (TPSA) is 17.1 Å². The third-order valence-corrected chi connectivity index (χ3v) is 3.87. The maximum Gasteiger partial charge on any atom is 0.175 e. The molecule has 4 heteroatoms. The van der Waals surface area contributed by atoms with Gasteiger partial charge in [0.1, 0.15) is 5.82 Å². The standard InChI is InChI=1S/C12H14ClFOS/c1-3-8(2)16-7-12(15)10-5-4-9(13)6-11(10)14/h4-6,8H,3,7H2,1-2H3. The van der Waals surface area contributed by atoms with Crippen LogP contribution in [0.15, 0.2) is 18.2 Å². The number of hydrogen-bond donors (Lipinski definition) is 0. The summed E-state index contributed by atoms with van der Waals surface area (Å²) in [6.07, 6.45) is 1.00. The van der Waals surface area contributed by atoms with Crippen molar-refractivity contribution in [3.05, 3.63) is 34.6 Å². The zero-order valence-corrected chi connectivity index (χ0v) is 10.9. The minimum Gasteiger partial charge on any atom is -0.293 e. The highest BCUT2D eigenvalue weighted by molar-refractivity contribution is 8.00. The molecule has 0 aliphatic carbocycles.